The van der Waals surface area contributed by atoms with E-state index in [1.165, 1.54) is 13.0 Å². The first-order valence-electron chi connectivity index (χ1n) is 6.67. The van der Waals surface area contributed by atoms with E-state index in [-0.39, 0.29) is 0 Å². The van der Waals surface area contributed by atoms with Crippen molar-refractivity contribution in [3.63, 3.8) is 0 Å². The van der Waals surface area contributed by atoms with Gasteiger partial charge in [-0.15, -0.1) is 0 Å². The van der Waals surface area contributed by atoms with Gasteiger partial charge in [-0.2, -0.15) is 4.98 Å². The summed E-state index contributed by atoms with van der Waals surface area (Å²) in [6.45, 7) is 5.77. The van der Waals surface area contributed by atoms with Gasteiger partial charge in [-0.3, -0.25) is 0 Å². The second-order valence-electron chi connectivity index (χ2n) is 4.68. The van der Waals surface area contributed by atoms with Crippen molar-refractivity contribution in [3.05, 3.63) is 12.3 Å². The molecule has 5 heteroatoms. The van der Waals surface area contributed by atoms with Crippen molar-refractivity contribution in [1.29, 1.82) is 0 Å². The van der Waals surface area contributed by atoms with Crippen molar-refractivity contribution in [1.82, 2.24) is 14.9 Å². The quantitative estimate of drug-likeness (QED) is 0.863. The van der Waals surface area contributed by atoms with Crippen LogP contribution < -0.4 is 10.1 Å². The van der Waals surface area contributed by atoms with Crippen LogP contribution in [0.25, 0.3) is 0 Å². The fourth-order valence-electron chi connectivity index (χ4n) is 2.33. The Morgan fingerprint density at radius 1 is 1.44 bits per heavy atom. The molecule has 0 aromatic carbocycles. The van der Waals surface area contributed by atoms with Gasteiger partial charge in [0.1, 0.15) is 0 Å². The van der Waals surface area contributed by atoms with Crippen molar-refractivity contribution in [2.24, 2.45) is 0 Å². The van der Waals surface area contributed by atoms with Crippen LogP contribution in [-0.4, -0.2) is 47.7 Å². The summed E-state index contributed by atoms with van der Waals surface area (Å²) in [5.41, 5.74) is 0. The fraction of sp³-hybridized carbons (Fsp3) is 0.692. The van der Waals surface area contributed by atoms with Crippen LogP contribution in [-0.2, 0) is 0 Å². The Hall–Kier alpha value is -1.36. The monoisotopic (exact) mass is 250 g/mol. The molecule has 1 aliphatic heterocycles. The number of rotatable bonds is 5. The molecule has 2 heterocycles. The normalized spacial score (nSPS) is 17.7. The Morgan fingerprint density at radius 2 is 2.22 bits per heavy atom. The molecular formula is C13H22N4O. The topological polar surface area (TPSA) is 50.3 Å². The van der Waals surface area contributed by atoms with Gasteiger partial charge in [-0.05, 0) is 25.8 Å². The lowest BCUT2D eigenvalue weighted by molar-refractivity contribution is 0.219. The Labute approximate surface area is 109 Å². The fourth-order valence-corrected chi connectivity index (χ4v) is 2.33. The predicted octanol–water partition coefficient (Wildman–Crippen LogP) is 1.77. The summed E-state index contributed by atoms with van der Waals surface area (Å²) in [4.78, 5) is 11.0. The molecule has 1 N–H and O–H groups in total. The molecule has 1 fully saturated rings. The molecular weight excluding hydrogens is 228 g/mol. The second-order valence-corrected chi connectivity index (χ2v) is 4.68. The second kappa shape index (κ2) is 6.54. The lowest BCUT2D eigenvalue weighted by Crippen LogP contribution is -2.39. The molecule has 0 unspecified atom stereocenters. The number of hydrogen-bond donors (Lipinski definition) is 1. The van der Waals surface area contributed by atoms with E-state index in [1.807, 2.05) is 0 Å². The number of likely N-dealkylation sites (tertiary alicyclic amines) is 1. The molecule has 0 amide bonds. The maximum atomic E-state index is 5.09. The van der Waals surface area contributed by atoms with E-state index >= 15 is 0 Å². The third-order valence-corrected chi connectivity index (χ3v) is 3.30. The van der Waals surface area contributed by atoms with Gasteiger partial charge >= 0.3 is 0 Å². The molecule has 0 aliphatic carbocycles. The minimum absolute atomic E-state index is 0.477. The van der Waals surface area contributed by atoms with Gasteiger partial charge in [-0.25, -0.2) is 4.98 Å². The molecule has 1 aliphatic rings. The van der Waals surface area contributed by atoms with E-state index in [0.717, 1.165) is 25.9 Å². The SMILES string of the molecule is CCCN1CCC(Nc2nccc(OC)n2)CC1. The largest absolute Gasteiger partial charge is 0.481 e. The first kappa shape index (κ1) is 13.1. The first-order valence-corrected chi connectivity index (χ1v) is 6.67. The number of aromatic nitrogens is 2. The van der Waals surface area contributed by atoms with Gasteiger partial charge in [0.25, 0.3) is 0 Å². The summed E-state index contributed by atoms with van der Waals surface area (Å²) >= 11 is 0. The van der Waals surface area contributed by atoms with Crippen molar-refractivity contribution in [2.45, 2.75) is 32.2 Å². The van der Waals surface area contributed by atoms with Crippen LogP contribution in [0.5, 0.6) is 5.88 Å². The van der Waals surface area contributed by atoms with Gasteiger partial charge in [0.05, 0.1) is 7.11 Å². The van der Waals surface area contributed by atoms with Crippen LogP contribution in [0.4, 0.5) is 5.95 Å². The Kier molecular flexibility index (Phi) is 4.75. The zero-order valence-electron chi connectivity index (χ0n) is 11.2. The summed E-state index contributed by atoms with van der Waals surface area (Å²) in [6.07, 6.45) is 5.26. The molecule has 5 nitrogen and oxygen atoms in total. The summed E-state index contributed by atoms with van der Waals surface area (Å²) in [5, 5.41) is 3.39. The molecule has 18 heavy (non-hydrogen) atoms. The third-order valence-electron chi connectivity index (χ3n) is 3.30. The van der Waals surface area contributed by atoms with Gasteiger partial charge in [0, 0.05) is 31.4 Å². The minimum atomic E-state index is 0.477. The smallest absolute Gasteiger partial charge is 0.226 e. The summed E-state index contributed by atoms with van der Waals surface area (Å²) < 4.78 is 5.09. The highest BCUT2D eigenvalue weighted by Crippen LogP contribution is 2.15. The molecule has 1 saturated heterocycles. The van der Waals surface area contributed by atoms with Crippen LogP contribution in [0.3, 0.4) is 0 Å². The number of methoxy groups -OCH3 is 1. The predicted molar refractivity (Wildman–Crippen MR) is 72.0 cm³/mol. The number of anilines is 1. The molecule has 100 valence electrons. The summed E-state index contributed by atoms with van der Waals surface area (Å²) in [6, 6.07) is 2.24. The highest BCUT2D eigenvalue weighted by molar-refractivity contribution is 5.28. The van der Waals surface area contributed by atoms with Crippen molar-refractivity contribution >= 4 is 5.95 Å². The van der Waals surface area contributed by atoms with Crippen LogP contribution in [0.2, 0.25) is 0 Å². The van der Waals surface area contributed by atoms with Gasteiger partial charge in [0.15, 0.2) is 0 Å². The number of ether oxygens (including phenoxy) is 1. The lowest BCUT2D eigenvalue weighted by Gasteiger charge is -2.32. The van der Waals surface area contributed by atoms with E-state index in [9.17, 15) is 0 Å². The highest BCUT2D eigenvalue weighted by Gasteiger charge is 2.18. The number of nitrogens with one attached hydrogen (secondary N) is 1. The molecule has 0 spiro atoms. The van der Waals surface area contributed by atoms with E-state index in [4.69, 9.17) is 4.74 Å². The number of nitrogens with zero attached hydrogens (tertiary/aromatic N) is 3. The first-order chi connectivity index (χ1) is 8.81. The molecule has 0 bridgehead atoms. The van der Waals surface area contributed by atoms with Gasteiger partial charge < -0.3 is 15.0 Å². The van der Waals surface area contributed by atoms with E-state index < -0.39 is 0 Å². The average molecular weight is 250 g/mol. The van der Waals surface area contributed by atoms with Gasteiger partial charge in [-0.1, -0.05) is 6.92 Å². The minimum Gasteiger partial charge on any atom is -0.481 e. The number of hydrogen-bond acceptors (Lipinski definition) is 5. The molecule has 0 radical (unpaired) electrons. The zero-order valence-corrected chi connectivity index (χ0v) is 11.2. The van der Waals surface area contributed by atoms with Crippen molar-refractivity contribution < 1.29 is 4.74 Å². The Morgan fingerprint density at radius 3 is 2.89 bits per heavy atom. The average Bonchev–Trinajstić information content (AvgIpc) is 2.42. The third kappa shape index (κ3) is 3.57. The maximum Gasteiger partial charge on any atom is 0.226 e. The van der Waals surface area contributed by atoms with E-state index in [0.29, 0.717) is 17.9 Å². The highest BCUT2D eigenvalue weighted by atomic mass is 16.5. The van der Waals surface area contributed by atoms with E-state index in [1.54, 1.807) is 19.4 Å². The van der Waals surface area contributed by atoms with Crippen LogP contribution in [0.1, 0.15) is 26.2 Å². The number of piperidine rings is 1. The van der Waals surface area contributed by atoms with Crippen LogP contribution >= 0.6 is 0 Å². The lowest BCUT2D eigenvalue weighted by atomic mass is 10.1. The molecule has 1 aromatic rings. The van der Waals surface area contributed by atoms with E-state index in [2.05, 4.69) is 27.1 Å². The van der Waals surface area contributed by atoms with Crippen LogP contribution in [0, 0.1) is 0 Å². The molecule has 0 saturated carbocycles. The standard InChI is InChI=1S/C13H22N4O/c1-3-8-17-9-5-11(6-10-17)15-13-14-7-4-12(16-13)18-2/h4,7,11H,3,5-6,8-10H2,1-2H3,(H,14,15,16). The van der Waals surface area contributed by atoms with Crippen LogP contribution in [0.15, 0.2) is 12.3 Å². The maximum absolute atomic E-state index is 5.09. The van der Waals surface area contributed by atoms with Gasteiger partial charge in [0.2, 0.25) is 11.8 Å². The summed E-state index contributed by atoms with van der Waals surface area (Å²) in [5.74, 6) is 1.28. The van der Waals surface area contributed by atoms with Crippen molar-refractivity contribution in [3.8, 4) is 5.88 Å². The molecule has 2 rings (SSSR count). The summed E-state index contributed by atoms with van der Waals surface area (Å²) in [7, 11) is 1.62. The van der Waals surface area contributed by atoms with Crippen molar-refractivity contribution in [2.75, 3.05) is 32.1 Å². The molecule has 1 aromatic heterocycles. The Bertz CT molecular complexity index is 364. The molecule has 0 atom stereocenters. The zero-order chi connectivity index (χ0) is 12.8. The Balaban J connectivity index is 1.83.